The summed E-state index contributed by atoms with van der Waals surface area (Å²) >= 11 is 0. The van der Waals surface area contributed by atoms with Crippen molar-refractivity contribution in [1.29, 1.82) is 0 Å². The van der Waals surface area contributed by atoms with Crippen LogP contribution in [0.25, 0.3) is 11.2 Å². The summed E-state index contributed by atoms with van der Waals surface area (Å²) in [5, 5.41) is 0. The molecule has 2 bridgehead atoms. The van der Waals surface area contributed by atoms with Gasteiger partial charge in [-0.15, -0.1) is 0 Å². The predicted molar refractivity (Wildman–Crippen MR) is 98.3 cm³/mol. The molecule has 0 aliphatic heterocycles. The van der Waals surface area contributed by atoms with Gasteiger partial charge in [-0.2, -0.15) is 0 Å². The number of hydrogen-bond donors (Lipinski definition) is 1. The molecular weight excluding hydrogens is 348 g/mol. The first-order chi connectivity index (χ1) is 12.6. The molecule has 0 spiro atoms. The van der Waals surface area contributed by atoms with Crippen LogP contribution in [0.3, 0.4) is 0 Å². The molecule has 2 saturated carbocycles. The molecule has 7 heteroatoms. The number of anilines is 1. The smallest absolute Gasteiger partial charge is 0.212 e. The molecule has 2 N–H and O–H groups in total. The van der Waals surface area contributed by atoms with E-state index in [-0.39, 0.29) is 21.7 Å². The first-order valence-electron chi connectivity index (χ1n) is 8.98. The van der Waals surface area contributed by atoms with Crippen LogP contribution in [-0.4, -0.2) is 23.0 Å². The second-order valence-corrected chi connectivity index (χ2v) is 9.26. The van der Waals surface area contributed by atoms with Crippen molar-refractivity contribution >= 4 is 26.8 Å². The highest BCUT2D eigenvalue weighted by molar-refractivity contribution is 7.92. The third-order valence-corrected chi connectivity index (χ3v) is 7.80. The fraction of sp³-hybridized carbons (Fsp3) is 0.368. The highest BCUT2D eigenvalue weighted by Crippen LogP contribution is 2.53. The fourth-order valence-corrected chi connectivity index (χ4v) is 6.38. The Hall–Kier alpha value is -2.41. The van der Waals surface area contributed by atoms with Gasteiger partial charge in [-0.3, -0.25) is 0 Å². The van der Waals surface area contributed by atoms with Gasteiger partial charge in [0.2, 0.25) is 9.84 Å². The van der Waals surface area contributed by atoms with E-state index in [9.17, 15) is 8.42 Å². The van der Waals surface area contributed by atoms with E-state index in [1.807, 2.05) is 4.57 Å². The van der Waals surface area contributed by atoms with Crippen LogP contribution in [0.4, 0.5) is 5.82 Å². The van der Waals surface area contributed by atoms with E-state index in [0.29, 0.717) is 23.0 Å². The Bertz CT molecular complexity index is 1090. The molecule has 0 unspecified atom stereocenters. The van der Waals surface area contributed by atoms with Crippen LogP contribution in [0.2, 0.25) is 0 Å². The third kappa shape index (κ3) is 2.13. The van der Waals surface area contributed by atoms with Crippen LogP contribution in [0.1, 0.15) is 31.7 Å². The third-order valence-electron chi connectivity index (χ3n) is 5.97. The van der Waals surface area contributed by atoms with E-state index in [4.69, 9.17) is 5.73 Å². The van der Waals surface area contributed by atoms with Crippen molar-refractivity contribution in [2.75, 3.05) is 5.73 Å². The quantitative estimate of drug-likeness (QED) is 0.766. The number of rotatable bonds is 3. The zero-order chi connectivity index (χ0) is 17.9. The van der Waals surface area contributed by atoms with Crippen molar-refractivity contribution in [1.82, 2.24) is 14.5 Å². The number of hydrogen-bond acceptors (Lipinski definition) is 5. The van der Waals surface area contributed by atoms with E-state index >= 15 is 0 Å². The number of sulfone groups is 1. The van der Waals surface area contributed by atoms with Crippen molar-refractivity contribution in [3.63, 3.8) is 0 Å². The van der Waals surface area contributed by atoms with Gasteiger partial charge in [0.1, 0.15) is 16.2 Å². The average molecular weight is 368 g/mol. The van der Waals surface area contributed by atoms with Crippen molar-refractivity contribution in [2.24, 2.45) is 11.8 Å². The van der Waals surface area contributed by atoms with E-state index in [1.165, 1.54) is 25.5 Å². The van der Waals surface area contributed by atoms with Gasteiger partial charge in [0, 0.05) is 18.4 Å². The SMILES string of the molecule is Nc1c(S(=O)(=O)c2ccccc2)c2nccnc2n1[C@@H]1C[C@H]2CC[C@@H]1C2. The van der Waals surface area contributed by atoms with Gasteiger partial charge in [0.15, 0.2) is 5.65 Å². The molecule has 2 aromatic heterocycles. The minimum absolute atomic E-state index is 0.0922. The number of nitrogens with two attached hydrogens (primary N) is 1. The summed E-state index contributed by atoms with van der Waals surface area (Å²) in [5.74, 6) is 1.53. The summed E-state index contributed by atoms with van der Waals surface area (Å²) in [4.78, 5) is 9.12. The number of fused-ring (bicyclic) bond motifs is 3. The lowest BCUT2D eigenvalue weighted by molar-refractivity contribution is 0.338. The normalized spacial score (nSPS) is 25.2. The minimum Gasteiger partial charge on any atom is -0.384 e. The maximum atomic E-state index is 13.3. The van der Waals surface area contributed by atoms with Crippen LogP contribution >= 0.6 is 0 Å². The summed E-state index contributed by atoms with van der Waals surface area (Å²) in [7, 11) is -3.77. The van der Waals surface area contributed by atoms with Crippen molar-refractivity contribution in [3.8, 4) is 0 Å². The summed E-state index contributed by atoms with van der Waals surface area (Å²) in [6.45, 7) is 0. The molecule has 3 atom stereocenters. The van der Waals surface area contributed by atoms with Gasteiger partial charge in [0.05, 0.1) is 4.90 Å². The largest absolute Gasteiger partial charge is 0.384 e. The topological polar surface area (TPSA) is 90.9 Å². The average Bonchev–Trinajstić information content (AvgIpc) is 3.34. The molecule has 26 heavy (non-hydrogen) atoms. The fourth-order valence-electron chi connectivity index (χ4n) is 4.86. The molecule has 2 fully saturated rings. The summed E-state index contributed by atoms with van der Waals surface area (Å²) in [5.41, 5.74) is 7.41. The molecule has 2 heterocycles. The lowest BCUT2D eigenvalue weighted by Gasteiger charge is -2.25. The molecule has 1 aromatic carbocycles. The van der Waals surface area contributed by atoms with E-state index < -0.39 is 9.84 Å². The number of nitrogens with zero attached hydrogens (tertiary/aromatic N) is 3. The second-order valence-electron chi connectivity index (χ2n) is 7.37. The maximum absolute atomic E-state index is 13.3. The van der Waals surface area contributed by atoms with Gasteiger partial charge >= 0.3 is 0 Å². The Morgan fingerprint density at radius 3 is 2.50 bits per heavy atom. The Labute approximate surface area is 152 Å². The first-order valence-corrected chi connectivity index (χ1v) is 10.5. The molecule has 2 aliphatic carbocycles. The Morgan fingerprint density at radius 2 is 1.81 bits per heavy atom. The highest BCUT2D eigenvalue weighted by Gasteiger charge is 2.43. The van der Waals surface area contributed by atoms with Crippen LogP contribution in [0, 0.1) is 11.8 Å². The molecule has 0 saturated heterocycles. The van der Waals surface area contributed by atoms with Crippen LogP contribution in [0.5, 0.6) is 0 Å². The first kappa shape index (κ1) is 15.8. The second kappa shape index (κ2) is 5.54. The van der Waals surface area contributed by atoms with Crippen molar-refractivity contribution in [3.05, 3.63) is 42.7 Å². The van der Waals surface area contributed by atoms with Gasteiger partial charge in [-0.05, 0) is 43.2 Å². The monoisotopic (exact) mass is 368 g/mol. The summed E-state index contributed by atoms with van der Waals surface area (Å²) < 4.78 is 28.5. The van der Waals surface area contributed by atoms with Gasteiger partial charge in [0.25, 0.3) is 0 Å². The molecule has 6 nitrogen and oxygen atoms in total. The van der Waals surface area contributed by atoms with E-state index in [1.54, 1.807) is 36.5 Å². The highest BCUT2D eigenvalue weighted by atomic mass is 32.2. The number of aromatic nitrogens is 3. The standard InChI is InChI=1S/C19H20N4O2S/c20-18-17(26(24,25)14-4-2-1-3-5-14)16-19(22-9-8-21-16)23(18)15-11-12-6-7-13(15)10-12/h1-5,8-9,12-13,15H,6-7,10-11,20H2/t12-,13+,15+/m0/s1. The van der Waals surface area contributed by atoms with Gasteiger partial charge < -0.3 is 10.3 Å². The van der Waals surface area contributed by atoms with Crippen LogP contribution in [-0.2, 0) is 9.84 Å². The number of nitrogen functional groups attached to an aromatic ring is 1. The van der Waals surface area contributed by atoms with E-state index in [0.717, 1.165) is 6.42 Å². The molecule has 5 rings (SSSR count). The Morgan fingerprint density at radius 1 is 1.04 bits per heavy atom. The minimum atomic E-state index is -3.77. The molecule has 2 aliphatic rings. The van der Waals surface area contributed by atoms with Gasteiger partial charge in [-0.25, -0.2) is 18.4 Å². The van der Waals surface area contributed by atoms with Crippen molar-refractivity contribution < 1.29 is 8.42 Å². The predicted octanol–water partition coefficient (Wildman–Crippen LogP) is 3.21. The Balaban J connectivity index is 1.76. The lowest BCUT2D eigenvalue weighted by atomic mass is 9.95. The molecule has 0 radical (unpaired) electrons. The molecule has 3 aromatic rings. The van der Waals surface area contributed by atoms with E-state index in [2.05, 4.69) is 9.97 Å². The molecular formula is C19H20N4O2S. The number of benzene rings is 1. The zero-order valence-electron chi connectivity index (χ0n) is 14.2. The summed E-state index contributed by atoms with van der Waals surface area (Å²) in [6, 6.07) is 8.61. The van der Waals surface area contributed by atoms with Crippen LogP contribution in [0.15, 0.2) is 52.5 Å². The van der Waals surface area contributed by atoms with Gasteiger partial charge in [-0.1, -0.05) is 24.6 Å². The van der Waals surface area contributed by atoms with Crippen LogP contribution < -0.4 is 5.73 Å². The Kier molecular flexibility index (Phi) is 3.37. The van der Waals surface area contributed by atoms with Crippen molar-refractivity contribution in [2.45, 2.75) is 41.5 Å². The zero-order valence-corrected chi connectivity index (χ0v) is 15.1. The molecule has 0 amide bonds. The maximum Gasteiger partial charge on any atom is 0.212 e. The molecule has 134 valence electrons. The summed E-state index contributed by atoms with van der Waals surface area (Å²) in [6.07, 6.45) is 7.81. The lowest BCUT2D eigenvalue weighted by Crippen LogP contribution is -2.18.